The molecule has 0 aliphatic carbocycles. The number of primary amides is 1. The Kier molecular flexibility index (Phi) is 3.97. The van der Waals surface area contributed by atoms with E-state index in [1.165, 1.54) is 25.7 Å². The van der Waals surface area contributed by atoms with E-state index in [1.54, 1.807) is 0 Å². The molecule has 104 valence electrons. The monoisotopic (exact) mass is 253 g/mol. The van der Waals surface area contributed by atoms with Gasteiger partial charge >= 0.3 is 0 Å². The van der Waals surface area contributed by atoms with Crippen LogP contribution in [-0.2, 0) is 4.79 Å². The maximum Gasteiger partial charge on any atom is 0.224 e. The van der Waals surface area contributed by atoms with Crippen molar-refractivity contribution in [2.75, 3.05) is 13.1 Å². The maximum atomic E-state index is 11.5. The van der Waals surface area contributed by atoms with Crippen LogP contribution >= 0.6 is 0 Å². The van der Waals surface area contributed by atoms with Gasteiger partial charge < -0.3 is 11.1 Å². The molecule has 0 aromatic rings. The number of nitrogens with two attached hydrogens (primary N) is 1. The molecule has 2 aliphatic heterocycles. The van der Waals surface area contributed by atoms with E-state index in [1.807, 2.05) is 13.8 Å². The SMILES string of the molecule is CCNC1CC2CCC(C1)N2CC(C)(C)C(N)=O. The Labute approximate surface area is 110 Å². The smallest absolute Gasteiger partial charge is 0.224 e. The fourth-order valence-electron chi connectivity index (χ4n) is 3.52. The fourth-order valence-corrected chi connectivity index (χ4v) is 3.52. The molecule has 2 bridgehead atoms. The lowest BCUT2D eigenvalue weighted by Gasteiger charge is -2.42. The van der Waals surface area contributed by atoms with Crippen LogP contribution in [-0.4, -0.2) is 42.0 Å². The minimum absolute atomic E-state index is 0.185. The van der Waals surface area contributed by atoms with Gasteiger partial charge in [0.1, 0.15) is 0 Å². The van der Waals surface area contributed by atoms with E-state index in [4.69, 9.17) is 5.73 Å². The Bertz CT molecular complexity index is 302. The van der Waals surface area contributed by atoms with Crippen LogP contribution in [0.2, 0.25) is 0 Å². The van der Waals surface area contributed by atoms with E-state index in [-0.39, 0.29) is 5.91 Å². The number of piperidine rings is 1. The van der Waals surface area contributed by atoms with E-state index in [2.05, 4.69) is 17.1 Å². The first kappa shape index (κ1) is 13.8. The van der Waals surface area contributed by atoms with Crippen LogP contribution in [0.3, 0.4) is 0 Å². The largest absolute Gasteiger partial charge is 0.369 e. The third-order valence-electron chi connectivity index (χ3n) is 4.62. The molecule has 18 heavy (non-hydrogen) atoms. The van der Waals surface area contributed by atoms with E-state index in [0.29, 0.717) is 18.1 Å². The third kappa shape index (κ3) is 2.69. The Balaban J connectivity index is 1.99. The lowest BCUT2D eigenvalue weighted by molar-refractivity contribution is -0.127. The number of nitrogens with one attached hydrogen (secondary N) is 1. The molecular weight excluding hydrogens is 226 g/mol. The van der Waals surface area contributed by atoms with E-state index in [9.17, 15) is 4.79 Å². The van der Waals surface area contributed by atoms with Crippen LogP contribution in [0.4, 0.5) is 0 Å². The topological polar surface area (TPSA) is 58.4 Å². The van der Waals surface area contributed by atoms with Gasteiger partial charge in [-0.25, -0.2) is 0 Å². The molecular formula is C14H27N3O. The molecule has 4 nitrogen and oxygen atoms in total. The summed E-state index contributed by atoms with van der Waals surface area (Å²) in [6.07, 6.45) is 5.00. The zero-order valence-corrected chi connectivity index (χ0v) is 11.9. The highest BCUT2D eigenvalue weighted by Gasteiger charge is 2.43. The van der Waals surface area contributed by atoms with Crippen molar-refractivity contribution >= 4 is 5.91 Å². The number of fused-ring (bicyclic) bond motifs is 2. The maximum absolute atomic E-state index is 11.5. The van der Waals surface area contributed by atoms with Crippen LogP contribution in [0.25, 0.3) is 0 Å². The van der Waals surface area contributed by atoms with Crippen LogP contribution < -0.4 is 11.1 Å². The zero-order chi connectivity index (χ0) is 13.3. The standard InChI is InChI=1S/C14H27N3O/c1-4-16-10-7-11-5-6-12(8-10)17(11)9-14(2,3)13(15)18/h10-12,16H,4-9H2,1-3H3,(H2,15,18). The number of hydrogen-bond donors (Lipinski definition) is 2. The van der Waals surface area contributed by atoms with Gasteiger partial charge in [-0.15, -0.1) is 0 Å². The van der Waals surface area contributed by atoms with Gasteiger partial charge in [-0.05, 0) is 46.1 Å². The molecule has 0 aromatic heterocycles. The van der Waals surface area contributed by atoms with Crippen molar-refractivity contribution in [1.82, 2.24) is 10.2 Å². The average molecular weight is 253 g/mol. The van der Waals surface area contributed by atoms with Gasteiger partial charge in [0.15, 0.2) is 0 Å². The molecule has 2 fully saturated rings. The first-order valence-electron chi connectivity index (χ1n) is 7.23. The first-order valence-corrected chi connectivity index (χ1v) is 7.23. The van der Waals surface area contributed by atoms with Crippen molar-refractivity contribution in [2.24, 2.45) is 11.1 Å². The van der Waals surface area contributed by atoms with Gasteiger partial charge in [-0.2, -0.15) is 0 Å². The molecule has 2 atom stereocenters. The summed E-state index contributed by atoms with van der Waals surface area (Å²) in [4.78, 5) is 14.0. The average Bonchev–Trinajstić information content (AvgIpc) is 2.52. The summed E-state index contributed by atoms with van der Waals surface area (Å²) in [6, 6.07) is 1.96. The Morgan fingerprint density at radius 2 is 1.89 bits per heavy atom. The first-order chi connectivity index (χ1) is 8.44. The van der Waals surface area contributed by atoms with E-state index in [0.717, 1.165) is 13.1 Å². The summed E-state index contributed by atoms with van der Waals surface area (Å²) >= 11 is 0. The number of carbonyl (C=O) groups is 1. The van der Waals surface area contributed by atoms with Crippen molar-refractivity contribution in [2.45, 2.75) is 64.6 Å². The summed E-state index contributed by atoms with van der Waals surface area (Å²) < 4.78 is 0. The number of rotatable bonds is 5. The predicted molar refractivity (Wildman–Crippen MR) is 73.2 cm³/mol. The summed E-state index contributed by atoms with van der Waals surface area (Å²) in [5.74, 6) is -0.185. The van der Waals surface area contributed by atoms with E-state index < -0.39 is 5.41 Å². The Morgan fingerprint density at radius 3 is 2.33 bits per heavy atom. The molecule has 2 rings (SSSR count). The number of amides is 1. The summed E-state index contributed by atoms with van der Waals surface area (Å²) in [7, 11) is 0. The van der Waals surface area contributed by atoms with Crippen molar-refractivity contribution in [1.29, 1.82) is 0 Å². The van der Waals surface area contributed by atoms with Gasteiger partial charge in [0.25, 0.3) is 0 Å². The number of nitrogens with zero attached hydrogens (tertiary/aromatic N) is 1. The van der Waals surface area contributed by atoms with Gasteiger partial charge in [0.2, 0.25) is 5.91 Å². The molecule has 0 spiro atoms. The molecule has 0 saturated carbocycles. The summed E-state index contributed by atoms with van der Waals surface area (Å²) in [5.41, 5.74) is 5.08. The Morgan fingerprint density at radius 1 is 1.33 bits per heavy atom. The third-order valence-corrected chi connectivity index (χ3v) is 4.62. The van der Waals surface area contributed by atoms with Crippen molar-refractivity contribution in [3.8, 4) is 0 Å². The fraction of sp³-hybridized carbons (Fsp3) is 0.929. The number of carbonyl (C=O) groups excluding carboxylic acids is 1. The Hall–Kier alpha value is -0.610. The molecule has 4 heteroatoms. The van der Waals surface area contributed by atoms with Gasteiger partial charge in [-0.3, -0.25) is 9.69 Å². The molecule has 1 amide bonds. The lowest BCUT2D eigenvalue weighted by Crippen LogP contribution is -2.53. The van der Waals surface area contributed by atoms with Crippen molar-refractivity contribution in [3.63, 3.8) is 0 Å². The highest BCUT2D eigenvalue weighted by Crippen LogP contribution is 2.37. The second kappa shape index (κ2) is 5.17. The van der Waals surface area contributed by atoms with E-state index >= 15 is 0 Å². The van der Waals surface area contributed by atoms with Crippen LogP contribution in [0.15, 0.2) is 0 Å². The van der Waals surface area contributed by atoms with Crippen LogP contribution in [0.1, 0.15) is 46.5 Å². The number of hydrogen-bond acceptors (Lipinski definition) is 3. The molecule has 0 radical (unpaired) electrons. The zero-order valence-electron chi connectivity index (χ0n) is 11.9. The van der Waals surface area contributed by atoms with Gasteiger partial charge in [0, 0.05) is 24.7 Å². The molecule has 2 unspecified atom stereocenters. The normalized spacial score (nSPS) is 32.7. The molecule has 2 saturated heterocycles. The molecule has 2 aliphatic rings. The second-order valence-corrected chi connectivity index (χ2v) is 6.53. The van der Waals surface area contributed by atoms with Gasteiger partial charge in [0.05, 0.1) is 5.41 Å². The minimum Gasteiger partial charge on any atom is -0.369 e. The molecule has 2 heterocycles. The van der Waals surface area contributed by atoms with Crippen molar-refractivity contribution in [3.05, 3.63) is 0 Å². The predicted octanol–water partition coefficient (Wildman–Crippen LogP) is 1.10. The van der Waals surface area contributed by atoms with Crippen LogP contribution in [0, 0.1) is 5.41 Å². The lowest BCUT2D eigenvalue weighted by atomic mass is 9.88. The quantitative estimate of drug-likeness (QED) is 0.771. The minimum atomic E-state index is -0.411. The summed E-state index contributed by atoms with van der Waals surface area (Å²) in [6.45, 7) is 7.97. The highest BCUT2D eigenvalue weighted by atomic mass is 16.1. The molecule has 0 aromatic carbocycles. The van der Waals surface area contributed by atoms with Gasteiger partial charge in [-0.1, -0.05) is 6.92 Å². The molecule has 3 N–H and O–H groups in total. The van der Waals surface area contributed by atoms with Crippen molar-refractivity contribution < 1.29 is 4.79 Å². The highest BCUT2D eigenvalue weighted by molar-refractivity contribution is 5.80. The second-order valence-electron chi connectivity index (χ2n) is 6.53. The summed E-state index contributed by atoms with van der Waals surface area (Å²) in [5, 5.41) is 3.57. The van der Waals surface area contributed by atoms with Crippen LogP contribution in [0.5, 0.6) is 0 Å².